The van der Waals surface area contributed by atoms with Gasteiger partial charge < -0.3 is 9.84 Å². The van der Waals surface area contributed by atoms with Crippen molar-refractivity contribution < 1.29 is 19.0 Å². The van der Waals surface area contributed by atoms with Crippen LogP contribution in [-0.4, -0.2) is 21.0 Å². The molecule has 2 rings (SSSR count). The average molecular weight is 262 g/mol. The monoisotopic (exact) mass is 262 g/mol. The van der Waals surface area contributed by atoms with Crippen molar-refractivity contribution in [1.29, 1.82) is 0 Å². The van der Waals surface area contributed by atoms with E-state index >= 15 is 0 Å². The van der Waals surface area contributed by atoms with Crippen LogP contribution in [0.1, 0.15) is 29.1 Å². The number of carboxylic acid groups (broad SMARTS) is 1. The van der Waals surface area contributed by atoms with Crippen LogP contribution in [0.15, 0.2) is 36.8 Å². The second-order valence-corrected chi connectivity index (χ2v) is 3.81. The molecular weight excluding hydrogens is 251 g/mol. The van der Waals surface area contributed by atoms with E-state index in [2.05, 4.69) is 9.97 Å². The van der Waals surface area contributed by atoms with Crippen molar-refractivity contribution in [3.63, 3.8) is 0 Å². The predicted octanol–water partition coefficient (Wildman–Crippen LogP) is 2.45. The van der Waals surface area contributed by atoms with Gasteiger partial charge in [0.15, 0.2) is 0 Å². The average Bonchev–Trinajstić information content (AvgIpc) is 2.39. The quantitative estimate of drug-likeness (QED) is 0.916. The van der Waals surface area contributed by atoms with Gasteiger partial charge in [0.05, 0.1) is 11.9 Å². The Bertz CT molecular complexity index is 590. The number of benzene rings is 1. The standard InChI is InChI=1S/C13H11FN2O3/c1-8(10-7-15-5-6-16-10)19-11-4-2-3-9(14)12(11)13(17)18/h2-8H,1H3,(H,17,18). The summed E-state index contributed by atoms with van der Waals surface area (Å²) in [4.78, 5) is 18.9. The molecule has 1 heterocycles. The molecule has 1 atom stereocenters. The first-order chi connectivity index (χ1) is 9.09. The molecule has 2 aromatic rings. The van der Waals surface area contributed by atoms with Crippen LogP contribution in [0.4, 0.5) is 4.39 Å². The Morgan fingerprint density at radius 1 is 1.42 bits per heavy atom. The molecule has 0 aliphatic heterocycles. The number of carbonyl (C=O) groups is 1. The molecule has 98 valence electrons. The molecule has 0 fully saturated rings. The van der Waals surface area contributed by atoms with Gasteiger partial charge in [-0.15, -0.1) is 0 Å². The summed E-state index contributed by atoms with van der Waals surface area (Å²) in [6.07, 6.45) is 3.98. The van der Waals surface area contributed by atoms with Gasteiger partial charge in [-0.2, -0.15) is 0 Å². The summed E-state index contributed by atoms with van der Waals surface area (Å²) >= 11 is 0. The molecule has 1 aromatic carbocycles. The van der Waals surface area contributed by atoms with Crippen LogP contribution in [0.25, 0.3) is 0 Å². The summed E-state index contributed by atoms with van der Waals surface area (Å²) in [6, 6.07) is 3.86. The maximum Gasteiger partial charge on any atom is 0.342 e. The summed E-state index contributed by atoms with van der Waals surface area (Å²) in [5.74, 6) is -2.25. The van der Waals surface area contributed by atoms with Crippen molar-refractivity contribution in [2.45, 2.75) is 13.0 Å². The van der Waals surface area contributed by atoms with E-state index < -0.39 is 23.5 Å². The van der Waals surface area contributed by atoms with E-state index in [-0.39, 0.29) is 5.75 Å². The smallest absolute Gasteiger partial charge is 0.342 e. The number of carboxylic acids is 1. The van der Waals surface area contributed by atoms with Crippen molar-refractivity contribution in [3.8, 4) is 5.75 Å². The molecule has 0 aliphatic carbocycles. The second kappa shape index (κ2) is 5.43. The third-order valence-electron chi connectivity index (χ3n) is 2.49. The fourth-order valence-electron chi connectivity index (χ4n) is 1.58. The van der Waals surface area contributed by atoms with E-state index in [0.29, 0.717) is 5.69 Å². The summed E-state index contributed by atoms with van der Waals surface area (Å²) in [6.45, 7) is 1.68. The lowest BCUT2D eigenvalue weighted by molar-refractivity contribution is 0.0684. The van der Waals surface area contributed by atoms with Crippen LogP contribution >= 0.6 is 0 Å². The van der Waals surface area contributed by atoms with Crippen LogP contribution in [0, 0.1) is 5.82 Å². The zero-order chi connectivity index (χ0) is 13.8. The van der Waals surface area contributed by atoms with E-state index in [4.69, 9.17) is 9.84 Å². The van der Waals surface area contributed by atoms with Gasteiger partial charge in [-0.05, 0) is 19.1 Å². The fraction of sp³-hybridized carbons (Fsp3) is 0.154. The molecule has 0 amide bonds. The van der Waals surface area contributed by atoms with Gasteiger partial charge in [0.2, 0.25) is 0 Å². The highest BCUT2D eigenvalue weighted by Crippen LogP contribution is 2.26. The van der Waals surface area contributed by atoms with Gasteiger partial charge >= 0.3 is 5.97 Å². The summed E-state index contributed by atoms with van der Waals surface area (Å²) in [5, 5.41) is 8.98. The Balaban J connectivity index is 2.29. The number of halogens is 1. The summed E-state index contributed by atoms with van der Waals surface area (Å²) < 4.78 is 18.9. The molecule has 1 N–H and O–H groups in total. The fourth-order valence-corrected chi connectivity index (χ4v) is 1.58. The van der Waals surface area contributed by atoms with Crippen molar-refractivity contribution in [3.05, 3.63) is 53.9 Å². The normalized spacial score (nSPS) is 11.9. The number of rotatable bonds is 4. The maximum atomic E-state index is 13.5. The van der Waals surface area contributed by atoms with Crippen LogP contribution < -0.4 is 4.74 Å². The van der Waals surface area contributed by atoms with Crippen LogP contribution in [-0.2, 0) is 0 Å². The molecule has 0 bridgehead atoms. The molecule has 0 spiro atoms. The number of aromatic nitrogens is 2. The van der Waals surface area contributed by atoms with E-state index in [1.807, 2.05) is 0 Å². The van der Waals surface area contributed by atoms with Gasteiger partial charge in [0.25, 0.3) is 0 Å². The minimum absolute atomic E-state index is 0.0364. The van der Waals surface area contributed by atoms with Crippen molar-refractivity contribution in [2.24, 2.45) is 0 Å². The van der Waals surface area contributed by atoms with E-state index in [1.54, 1.807) is 6.92 Å². The molecule has 1 aromatic heterocycles. The van der Waals surface area contributed by atoms with E-state index in [0.717, 1.165) is 6.07 Å². The lowest BCUT2D eigenvalue weighted by Gasteiger charge is -2.15. The largest absolute Gasteiger partial charge is 0.483 e. The molecule has 0 aliphatic rings. The van der Waals surface area contributed by atoms with Gasteiger partial charge in [-0.25, -0.2) is 9.18 Å². The summed E-state index contributed by atoms with van der Waals surface area (Å²) in [7, 11) is 0. The maximum absolute atomic E-state index is 13.5. The lowest BCUT2D eigenvalue weighted by atomic mass is 10.2. The minimum atomic E-state index is -1.38. The molecule has 19 heavy (non-hydrogen) atoms. The van der Waals surface area contributed by atoms with Gasteiger partial charge in [-0.3, -0.25) is 9.97 Å². The molecule has 6 heteroatoms. The molecule has 0 saturated carbocycles. The highest BCUT2D eigenvalue weighted by Gasteiger charge is 2.19. The molecule has 0 saturated heterocycles. The number of aromatic carboxylic acids is 1. The minimum Gasteiger partial charge on any atom is -0.483 e. The topological polar surface area (TPSA) is 72.3 Å². The Morgan fingerprint density at radius 3 is 2.84 bits per heavy atom. The number of hydrogen-bond donors (Lipinski definition) is 1. The molecule has 0 radical (unpaired) electrons. The van der Waals surface area contributed by atoms with Gasteiger partial charge in [-0.1, -0.05) is 6.07 Å². The first kappa shape index (κ1) is 12.9. The molecular formula is C13H11FN2O3. The Morgan fingerprint density at radius 2 is 2.21 bits per heavy atom. The Labute approximate surface area is 108 Å². The Kier molecular flexibility index (Phi) is 3.70. The first-order valence-corrected chi connectivity index (χ1v) is 5.54. The highest BCUT2D eigenvalue weighted by atomic mass is 19.1. The van der Waals surface area contributed by atoms with E-state index in [1.165, 1.54) is 30.7 Å². The van der Waals surface area contributed by atoms with Crippen molar-refractivity contribution in [1.82, 2.24) is 9.97 Å². The third kappa shape index (κ3) is 2.85. The zero-order valence-electron chi connectivity index (χ0n) is 10.1. The molecule has 1 unspecified atom stereocenters. The third-order valence-corrected chi connectivity index (χ3v) is 2.49. The van der Waals surface area contributed by atoms with Crippen LogP contribution in [0.5, 0.6) is 5.75 Å². The predicted molar refractivity (Wildman–Crippen MR) is 64.4 cm³/mol. The van der Waals surface area contributed by atoms with Crippen molar-refractivity contribution >= 4 is 5.97 Å². The first-order valence-electron chi connectivity index (χ1n) is 5.54. The van der Waals surface area contributed by atoms with Gasteiger partial charge in [0.1, 0.15) is 23.2 Å². The van der Waals surface area contributed by atoms with Gasteiger partial charge in [0, 0.05) is 12.4 Å². The van der Waals surface area contributed by atoms with Crippen LogP contribution in [0.3, 0.4) is 0 Å². The number of ether oxygens (including phenoxy) is 1. The zero-order valence-corrected chi connectivity index (χ0v) is 10.1. The lowest BCUT2D eigenvalue weighted by Crippen LogP contribution is -2.10. The van der Waals surface area contributed by atoms with Crippen molar-refractivity contribution in [2.75, 3.05) is 0 Å². The van der Waals surface area contributed by atoms with E-state index in [9.17, 15) is 9.18 Å². The van der Waals surface area contributed by atoms with Crippen LogP contribution in [0.2, 0.25) is 0 Å². The Hall–Kier alpha value is -2.50. The second-order valence-electron chi connectivity index (χ2n) is 3.81. The SMILES string of the molecule is CC(Oc1cccc(F)c1C(=O)O)c1cnccn1. The summed E-state index contributed by atoms with van der Waals surface area (Å²) in [5.41, 5.74) is 0.0429. The molecule has 5 nitrogen and oxygen atoms in total. The number of hydrogen-bond acceptors (Lipinski definition) is 4. The number of nitrogens with zero attached hydrogens (tertiary/aromatic N) is 2. The highest BCUT2D eigenvalue weighted by molar-refractivity contribution is 5.91.